The Morgan fingerprint density at radius 3 is 1.65 bits per heavy atom. The van der Waals surface area contributed by atoms with Gasteiger partial charge in [0, 0.05) is 6.42 Å². The summed E-state index contributed by atoms with van der Waals surface area (Å²) in [6.07, 6.45) is 27.0. The van der Waals surface area contributed by atoms with Gasteiger partial charge in [0.05, 0.1) is 12.7 Å². The van der Waals surface area contributed by atoms with Gasteiger partial charge in [-0.3, -0.25) is 4.79 Å². The zero-order valence-electron chi connectivity index (χ0n) is 21.8. The fourth-order valence-corrected chi connectivity index (χ4v) is 4.01. The summed E-state index contributed by atoms with van der Waals surface area (Å²) in [5, 5.41) is 0. The fraction of sp³-hybridized carbons (Fsp3) is 0.667. The first-order valence-electron chi connectivity index (χ1n) is 13.7. The summed E-state index contributed by atoms with van der Waals surface area (Å²) in [6.45, 7) is 2.27. The summed E-state index contributed by atoms with van der Waals surface area (Å²) >= 11 is 0. The lowest BCUT2D eigenvalue weighted by molar-refractivity contribution is -0.134. The van der Waals surface area contributed by atoms with E-state index >= 15 is 0 Å². The monoisotopic (exact) mass is 472 g/mol. The first-order chi connectivity index (χ1) is 16.7. The van der Waals surface area contributed by atoms with Gasteiger partial charge < -0.3 is 9.47 Å². The van der Waals surface area contributed by atoms with Gasteiger partial charge in [0.25, 0.3) is 0 Å². The topological polar surface area (TPSA) is 52.6 Å². The van der Waals surface area contributed by atoms with Crippen LogP contribution in [-0.2, 0) is 9.53 Å². The molecule has 0 fully saturated rings. The summed E-state index contributed by atoms with van der Waals surface area (Å²) in [4.78, 5) is 23.4. The predicted octanol–water partition coefficient (Wildman–Crippen LogP) is 8.98. The van der Waals surface area contributed by atoms with E-state index in [0.717, 1.165) is 12.8 Å². The first kappa shape index (κ1) is 29.9. The number of carbonyl (C=O) groups excluding carboxylic acids is 2. The smallest absolute Gasteiger partial charge is 0.337 e. The Morgan fingerprint density at radius 1 is 0.676 bits per heavy atom. The molecule has 0 atom stereocenters. The molecule has 34 heavy (non-hydrogen) atoms. The summed E-state index contributed by atoms with van der Waals surface area (Å²) < 4.78 is 9.98. The number of hydrogen-bond acceptors (Lipinski definition) is 4. The van der Waals surface area contributed by atoms with E-state index in [1.54, 1.807) is 24.3 Å². The van der Waals surface area contributed by atoms with Crippen LogP contribution in [0.25, 0.3) is 0 Å². The maximum Gasteiger partial charge on any atom is 0.337 e. The molecule has 0 N–H and O–H groups in total. The molecule has 0 saturated heterocycles. The van der Waals surface area contributed by atoms with Crippen molar-refractivity contribution in [2.75, 3.05) is 7.11 Å². The van der Waals surface area contributed by atoms with Crippen molar-refractivity contribution in [3.63, 3.8) is 0 Å². The number of unbranched alkanes of at least 4 members (excludes halogenated alkanes) is 15. The second-order valence-electron chi connectivity index (χ2n) is 9.24. The van der Waals surface area contributed by atoms with E-state index < -0.39 is 5.97 Å². The SMILES string of the molecule is CCCCCCCC/C=C\CCCCCCCCCCCC(=O)Oc1ccc(C(=O)OC)cc1. The zero-order chi connectivity index (χ0) is 24.7. The lowest BCUT2D eigenvalue weighted by Gasteiger charge is -2.05. The van der Waals surface area contributed by atoms with Crippen molar-refractivity contribution < 1.29 is 19.1 Å². The lowest BCUT2D eigenvalue weighted by Crippen LogP contribution is -2.08. The molecule has 192 valence electrons. The Kier molecular flexibility index (Phi) is 18.9. The Balaban J connectivity index is 1.86. The number of allylic oxidation sites excluding steroid dienone is 2. The van der Waals surface area contributed by atoms with Crippen LogP contribution in [0, 0.1) is 0 Å². The third-order valence-corrected chi connectivity index (χ3v) is 6.15. The van der Waals surface area contributed by atoms with Crippen molar-refractivity contribution in [1.29, 1.82) is 0 Å². The Hall–Kier alpha value is -2.10. The molecule has 4 nitrogen and oxygen atoms in total. The van der Waals surface area contributed by atoms with Crippen molar-refractivity contribution >= 4 is 11.9 Å². The highest BCUT2D eigenvalue weighted by molar-refractivity contribution is 5.89. The third kappa shape index (κ3) is 16.5. The number of rotatable bonds is 21. The molecule has 4 heteroatoms. The molecule has 0 spiro atoms. The molecule has 0 aliphatic heterocycles. The van der Waals surface area contributed by atoms with Crippen LogP contribution in [0.5, 0.6) is 5.75 Å². The molecule has 0 aliphatic carbocycles. The normalized spacial score (nSPS) is 11.1. The van der Waals surface area contributed by atoms with Crippen LogP contribution in [0.2, 0.25) is 0 Å². The minimum atomic E-state index is -0.399. The average molecular weight is 473 g/mol. The van der Waals surface area contributed by atoms with Gasteiger partial charge in [-0.15, -0.1) is 0 Å². The Morgan fingerprint density at radius 2 is 1.15 bits per heavy atom. The van der Waals surface area contributed by atoms with Crippen LogP contribution < -0.4 is 4.74 Å². The van der Waals surface area contributed by atoms with Crippen LogP contribution in [0.15, 0.2) is 36.4 Å². The van der Waals surface area contributed by atoms with Gasteiger partial charge in [-0.25, -0.2) is 4.79 Å². The van der Waals surface area contributed by atoms with Gasteiger partial charge in [0.2, 0.25) is 0 Å². The highest BCUT2D eigenvalue weighted by Gasteiger charge is 2.08. The van der Waals surface area contributed by atoms with Crippen LogP contribution in [0.1, 0.15) is 133 Å². The van der Waals surface area contributed by atoms with E-state index in [0.29, 0.717) is 17.7 Å². The standard InChI is InChI=1S/C30H48O4/c1-3-4-5-6-7-8-9-10-11-12-13-14-15-16-17-18-19-20-21-22-29(31)34-28-25-23-27(24-26-28)30(32)33-2/h10-11,23-26H,3-9,12-22H2,1-2H3/b11-10-. The van der Waals surface area contributed by atoms with E-state index in [9.17, 15) is 9.59 Å². The zero-order valence-corrected chi connectivity index (χ0v) is 21.8. The molecule has 0 bridgehead atoms. The number of carbonyl (C=O) groups is 2. The summed E-state index contributed by atoms with van der Waals surface area (Å²) in [6, 6.07) is 6.44. The first-order valence-corrected chi connectivity index (χ1v) is 13.7. The van der Waals surface area contributed by atoms with Crippen molar-refractivity contribution in [2.45, 2.75) is 122 Å². The molecule has 0 saturated carbocycles. The summed E-state index contributed by atoms with van der Waals surface area (Å²) in [5.41, 5.74) is 0.443. The van der Waals surface area contributed by atoms with Crippen molar-refractivity contribution in [3.8, 4) is 5.75 Å². The highest BCUT2D eigenvalue weighted by atomic mass is 16.5. The second kappa shape index (κ2) is 21.4. The summed E-state index contributed by atoms with van der Waals surface area (Å²) in [5.74, 6) is -0.151. The fourth-order valence-electron chi connectivity index (χ4n) is 4.01. The summed E-state index contributed by atoms with van der Waals surface area (Å²) in [7, 11) is 1.34. The van der Waals surface area contributed by atoms with E-state index in [1.165, 1.54) is 103 Å². The third-order valence-electron chi connectivity index (χ3n) is 6.15. The average Bonchev–Trinajstić information content (AvgIpc) is 2.85. The van der Waals surface area contributed by atoms with Crippen LogP contribution in [-0.4, -0.2) is 19.0 Å². The number of ether oxygens (including phenoxy) is 2. The molecule has 0 aromatic heterocycles. The van der Waals surface area contributed by atoms with Crippen molar-refractivity contribution in [3.05, 3.63) is 42.0 Å². The van der Waals surface area contributed by atoms with Crippen molar-refractivity contribution in [2.24, 2.45) is 0 Å². The quantitative estimate of drug-likeness (QED) is 0.0775. The Labute approximate surface area is 208 Å². The molecule has 0 amide bonds. The number of methoxy groups -OCH3 is 1. The molecule has 1 aromatic carbocycles. The van der Waals surface area contributed by atoms with Gasteiger partial charge in [0.1, 0.15) is 5.75 Å². The Bertz CT molecular complexity index is 663. The van der Waals surface area contributed by atoms with Crippen molar-refractivity contribution in [1.82, 2.24) is 0 Å². The van der Waals surface area contributed by atoms with Gasteiger partial charge >= 0.3 is 11.9 Å². The second-order valence-corrected chi connectivity index (χ2v) is 9.24. The maximum atomic E-state index is 12.0. The molecule has 1 rings (SSSR count). The molecule has 0 aliphatic rings. The van der Waals surface area contributed by atoms with E-state index in [1.807, 2.05) is 0 Å². The largest absolute Gasteiger partial charge is 0.465 e. The van der Waals surface area contributed by atoms with Gasteiger partial charge in [-0.1, -0.05) is 96.1 Å². The molecular weight excluding hydrogens is 424 g/mol. The van der Waals surface area contributed by atoms with E-state index in [2.05, 4.69) is 23.8 Å². The van der Waals surface area contributed by atoms with Gasteiger partial charge in [-0.2, -0.15) is 0 Å². The number of hydrogen-bond donors (Lipinski definition) is 0. The lowest BCUT2D eigenvalue weighted by atomic mass is 10.1. The molecule has 0 unspecified atom stereocenters. The number of esters is 2. The van der Waals surface area contributed by atoms with E-state index in [4.69, 9.17) is 4.74 Å². The minimum Gasteiger partial charge on any atom is -0.465 e. The van der Waals surface area contributed by atoms with Gasteiger partial charge in [0.15, 0.2) is 0 Å². The molecular formula is C30H48O4. The van der Waals surface area contributed by atoms with Crippen LogP contribution >= 0.6 is 0 Å². The molecule has 1 aromatic rings. The molecule has 0 heterocycles. The van der Waals surface area contributed by atoms with Crippen LogP contribution in [0.4, 0.5) is 0 Å². The minimum absolute atomic E-state index is 0.216. The van der Waals surface area contributed by atoms with Gasteiger partial charge in [-0.05, 0) is 56.4 Å². The predicted molar refractivity (Wildman–Crippen MR) is 141 cm³/mol. The molecule has 0 radical (unpaired) electrons. The van der Waals surface area contributed by atoms with E-state index in [-0.39, 0.29) is 5.97 Å². The number of benzene rings is 1. The highest BCUT2D eigenvalue weighted by Crippen LogP contribution is 2.15. The maximum absolute atomic E-state index is 12.0. The van der Waals surface area contributed by atoms with Crippen LogP contribution in [0.3, 0.4) is 0 Å².